The summed E-state index contributed by atoms with van der Waals surface area (Å²) in [4.78, 5) is 21.4. The van der Waals surface area contributed by atoms with Crippen molar-refractivity contribution in [3.8, 4) is 11.8 Å². The topological polar surface area (TPSA) is 110 Å². The van der Waals surface area contributed by atoms with Crippen molar-refractivity contribution in [3.05, 3.63) is 87.2 Å². The number of nitrogen functional groups attached to an aromatic ring is 1. The minimum atomic E-state index is -0.513. The molecule has 0 amide bonds. The van der Waals surface area contributed by atoms with E-state index in [1.165, 1.54) is 29.0 Å². The Hall–Kier alpha value is -3.96. The van der Waals surface area contributed by atoms with Gasteiger partial charge in [0, 0.05) is 5.69 Å². The number of nitrogens with two attached hydrogens (primary N) is 1. The molecule has 154 valence electrons. The van der Waals surface area contributed by atoms with Crippen LogP contribution in [0.4, 0.5) is 16.2 Å². The van der Waals surface area contributed by atoms with Crippen molar-refractivity contribution < 1.29 is 4.39 Å². The van der Waals surface area contributed by atoms with Gasteiger partial charge in [0.25, 0.3) is 5.56 Å². The van der Waals surface area contributed by atoms with Gasteiger partial charge in [-0.05, 0) is 42.6 Å². The molecule has 2 aromatic carbocycles. The Balaban J connectivity index is 1.95. The summed E-state index contributed by atoms with van der Waals surface area (Å²) in [6.07, 6.45) is 1.32. The first kappa shape index (κ1) is 20.3. The van der Waals surface area contributed by atoms with E-state index in [9.17, 15) is 14.4 Å². The summed E-state index contributed by atoms with van der Waals surface area (Å²) >= 11 is 6.30. The first-order valence-corrected chi connectivity index (χ1v) is 9.66. The van der Waals surface area contributed by atoms with Gasteiger partial charge in [0.2, 0.25) is 5.95 Å². The van der Waals surface area contributed by atoms with Crippen LogP contribution in [0, 0.1) is 17.1 Å². The number of anilines is 2. The number of rotatable bonds is 4. The molecule has 0 aliphatic carbocycles. The fourth-order valence-electron chi connectivity index (χ4n) is 3.41. The number of nitrogens with one attached hydrogen (secondary N) is 1. The zero-order chi connectivity index (χ0) is 22.1. The summed E-state index contributed by atoms with van der Waals surface area (Å²) in [7, 11) is 0. The maximum absolute atomic E-state index is 14.0. The minimum Gasteiger partial charge on any atom is -0.368 e. The largest absolute Gasteiger partial charge is 0.368 e. The SMILES string of the molecule is CC(Nc1nc(N)ncc1C#N)c1cc2cccc(Cl)c2c(=O)n1-c1cccc(F)c1. The molecule has 4 rings (SSSR count). The Morgan fingerprint density at radius 3 is 2.77 bits per heavy atom. The van der Waals surface area contributed by atoms with Gasteiger partial charge in [-0.3, -0.25) is 9.36 Å². The molecule has 0 spiro atoms. The van der Waals surface area contributed by atoms with Crippen molar-refractivity contribution in [3.63, 3.8) is 0 Å². The van der Waals surface area contributed by atoms with Gasteiger partial charge >= 0.3 is 0 Å². The van der Waals surface area contributed by atoms with E-state index >= 15 is 0 Å². The third-order valence-electron chi connectivity index (χ3n) is 4.82. The number of fused-ring (bicyclic) bond motifs is 1. The Morgan fingerprint density at radius 2 is 2.03 bits per heavy atom. The molecule has 1 unspecified atom stereocenters. The second-order valence-electron chi connectivity index (χ2n) is 6.86. The number of nitrogens with zero attached hydrogens (tertiary/aromatic N) is 4. The van der Waals surface area contributed by atoms with E-state index in [-0.39, 0.29) is 22.9 Å². The Bertz CT molecular complexity index is 1410. The Morgan fingerprint density at radius 1 is 1.26 bits per heavy atom. The number of hydrogen-bond acceptors (Lipinski definition) is 6. The van der Waals surface area contributed by atoms with E-state index in [1.54, 1.807) is 37.3 Å². The summed E-state index contributed by atoms with van der Waals surface area (Å²) in [5.41, 5.74) is 6.34. The van der Waals surface area contributed by atoms with Crippen LogP contribution in [-0.4, -0.2) is 14.5 Å². The van der Waals surface area contributed by atoms with Crippen molar-refractivity contribution in [2.45, 2.75) is 13.0 Å². The number of pyridine rings is 1. The van der Waals surface area contributed by atoms with Crippen LogP contribution < -0.4 is 16.6 Å². The molecule has 0 bridgehead atoms. The van der Waals surface area contributed by atoms with E-state index in [2.05, 4.69) is 15.3 Å². The van der Waals surface area contributed by atoms with E-state index < -0.39 is 11.9 Å². The molecule has 1 atom stereocenters. The van der Waals surface area contributed by atoms with Crippen LogP contribution in [0.15, 0.2) is 59.5 Å². The molecule has 2 heterocycles. The van der Waals surface area contributed by atoms with Gasteiger partial charge in [-0.2, -0.15) is 10.2 Å². The lowest BCUT2D eigenvalue weighted by Gasteiger charge is -2.22. The first-order valence-electron chi connectivity index (χ1n) is 9.28. The molecule has 0 aliphatic heterocycles. The molecule has 9 heteroatoms. The maximum atomic E-state index is 14.0. The molecule has 0 radical (unpaired) electrons. The molecule has 3 N–H and O–H groups in total. The van der Waals surface area contributed by atoms with Gasteiger partial charge in [-0.25, -0.2) is 9.37 Å². The molecular weight excluding hydrogens is 419 g/mol. The first-order chi connectivity index (χ1) is 14.9. The van der Waals surface area contributed by atoms with Crippen LogP contribution in [0.2, 0.25) is 5.02 Å². The predicted octanol–water partition coefficient (Wildman–Crippen LogP) is 4.20. The zero-order valence-electron chi connectivity index (χ0n) is 16.3. The third kappa shape index (κ3) is 3.79. The summed E-state index contributed by atoms with van der Waals surface area (Å²) in [6, 6.07) is 14.2. The van der Waals surface area contributed by atoms with Crippen LogP contribution in [-0.2, 0) is 0 Å². The minimum absolute atomic E-state index is 0.00140. The van der Waals surface area contributed by atoms with Crippen LogP contribution in [0.5, 0.6) is 0 Å². The highest BCUT2D eigenvalue weighted by Crippen LogP contribution is 2.27. The molecule has 0 fully saturated rings. The van der Waals surface area contributed by atoms with Crippen molar-refractivity contribution in [1.82, 2.24) is 14.5 Å². The number of benzene rings is 2. The molecular formula is C22H16ClFN6O. The second-order valence-corrected chi connectivity index (χ2v) is 7.27. The standard InChI is InChI=1S/C22H16ClFN6O/c1-12(28-20-14(10-25)11-27-22(26)29-20)18-8-13-4-2-7-17(23)19(13)21(31)30(18)16-6-3-5-15(24)9-16/h2-9,11-12H,1H3,(H3,26,27,28,29). The maximum Gasteiger partial charge on any atom is 0.264 e. The van der Waals surface area contributed by atoms with Crippen molar-refractivity contribution in [2.24, 2.45) is 0 Å². The predicted molar refractivity (Wildman–Crippen MR) is 118 cm³/mol. The quantitative estimate of drug-likeness (QED) is 0.498. The molecule has 4 aromatic rings. The summed E-state index contributed by atoms with van der Waals surface area (Å²) in [5, 5.41) is 13.7. The summed E-state index contributed by atoms with van der Waals surface area (Å²) in [5.74, 6) is -0.251. The number of hydrogen-bond donors (Lipinski definition) is 2. The lowest BCUT2D eigenvalue weighted by molar-refractivity contribution is 0.625. The second kappa shape index (κ2) is 8.05. The van der Waals surface area contributed by atoms with E-state index in [1.807, 2.05) is 6.07 Å². The molecule has 31 heavy (non-hydrogen) atoms. The van der Waals surface area contributed by atoms with Gasteiger partial charge in [-0.15, -0.1) is 0 Å². The van der Waals surface area contributed by atoms with Gasteiger partial charge in [0.15, 0.2) is 0 Å². The summed E-state index contributed by atoms with van der Waals surface area (Å²) < 4.78 is 15.4. The fourth-order valence-corrected chi connectivity index (χ4v) is 3.67. The van der Waals surface area contributed by atoms with E-state index in [0.29, 0.717) is 27.2 Å². The molecule has 0 saturated carbocycles. The van der Waals surface area contributed by atoms with Crippen molar-refractivity contribution in [1.29, 1.82) is 5.26 Å². The lowest BCUT2D eigenvalue weighted by atomic mass is 10.1. The number of nitriles is 1. The van der Waals surface area contributed by atoms with Gasteiger partial charge in [0.05, 0.1) is 28.3 Å². The average Bonchev–Trinajstić information content (AvgIpc) is 2.73. The summed E-state index contributed by atoms with van der Waals surface area (Å²) in [6.45, 7) is 1.79. The van der Waals surface area contributed by atoms with Crippen LogP contribution >= 0.6 is 11.6 Å². The third-order valence-corrected chi connectivity index (χ3v) is 5.13. The number of halogens is 2. The molecule has 7 nitrogen and oxygen atoms in total. The highest BCUT2D eigenvalue weighted by atomic mass is 35.5. The normalized spacial score (nSPS) is 11.8. The van der Waals surface area contributed by atoms with E-state index in [4.69, 9.17) is 17.3 Å². The van der Waals surface area contributed by atoms with Crippen LogP contribution in [0.3, 0.4) is 0 Å². The van der Waals surface area contributed by atoms with Crippen molar-refractivity contribution >= 4 is 34.1 Å². The lowest BCUT2D eigenvalue weighted by Crippen LogP contribution is -2.26. The average molecular weight is 435 g/mol. The Kier molecular flexibility index (Phi) is 5.28. The van der Waals surface area contributed by atoms with Crippen LogP contribution in [0.25, 0.3) is 16.5 Å². The van der Waals surface area contributed by atoms with Gasteiger partial charge in [0.1, 0.15) is 23.3 Å². The Labute approximate surface area is 181 Å². The number of aromatic nitrogens is 3. The van der Waals surface area contributed by atoms with Crippen LogP contribution in [0.1, 0.15) is 24.2 Å². The fraction of sp³-hybridized carbons (Fsp3) is 0.0909. The molecule has 0 saturated heterocycles. The van der Waals surface area contributed by atoms with Gasteiger partial charge in [-0.1, -0.05) is 29.8 Å². The van der Waals surface area contributed by atoms with Crippen molar-refractivity contribution in [2.75, 3.05) is 11.1 Å². The van der Waals surface area contributed by atoms with E-state index in [0.717, 1.165) is 0 Å². The molecule has 2 aromatic heterocycles. The highest BCUT2D eigenvalue weighted by molar-refractivity contribution is 6.35. The smallest absolute Gasteiger partial charge is 0.264 e. The monoisotopic (exact) mass is 434 g/mol. The zero-order valence-corrected chi connectivity index (χ0v) is 17.1. The van der Waals surface area contributed by atoms with Gasteiger partial charge < -0.3 is 11.1 Å². The highest BCUT2D eigenvalue weighted by Gasteiger charge is 2.19. The molecule has 0 aliphatic rings.